The fraction of sp³-hybridized carbons (Fsp3) is 0.217. The molecule has 0 aliphatic carbocycles. The molecule has 0 radical (unpaired) electrons. The van der Waals surface area contributed by atoms with Gasteiger partial charge in [0.25, 0.3) is 12.3 Å². The second kappa shape index (κ2) is 7.86. The quantitative estimate of drug-likeness (QED) is 0.407. The molecule has 1 atom stereocenters. The zero-order valence-electron chi connectivity index (χ0n) is 18.2. The van der Waals surface area contributed by atoms with Crippen molar-refractivity contribution in [3.8, 4) is 11.6 Å². The van der Waals surface area contributed by atoms with Gasteiger partial charge >= 0.3 is 0 Å². The lowest BCUT2D eigenvalue weighted by molar-refractivity contribution is 0.0622. The lowest BCUT2D eigenvalue weighted by atomic mass is 9.99. The zero-order valence-corrected chi connectivity index (χ0v) is 18.2. The predicted molar refractivity (Wildman–Crippen MR) is 115 cm³/mol. The topological polar surface area (TPSA) is 106 Å². The maximum atomic E-state index is 15.5. The highest BCUT2D eigenvalue weighted by Crippen LogP contribution is 2.40. The van der Waals surface area contributed by atoms with Crippen LogP contribution in [0.3, 0.4) is 0 Å². The van der Waals surface area contributed by atoms with Gasteiger partial charge in [0, 0.05) is 31.9 Å². The van der Waals surface area contributed by atoms with Crippen molar-refractivity contribution >= 4 is 16.9 Å². The molecule has 1 aliphatic rings. The van der Waals surface area contributed by atoms with Gasteiger partial charge < -0.3 is 23.3 Å². The monoisotopic (exact) mass is 482 g/mol. The van der Waals surface area contributed by atoms with Gasteiger partial charge in [-0.1, -0.05) is 12.1 Å². The van der Waals surface area contributed by atoms with E-state index in [9.17, 15) is 13.6 Å². The molecule has 0 saturated heterocycles. The number of carbonyl (C=O) groups is 1. The molecule has 4 aromatic heterocycles. The Morgan fingerprint density at radius 3 is 2.80 bits per heavy atom. The van der Waals surface area contributed by atoms with Crippen LogP contribution < -0.4 is 0 Å². The van der Waals surface area contributed by atoms with Gasteiger partial charge in [-0.05, 0) is 12.1 Å². The van der Waals surface area contributed by atoms with Gasteiger partial charge in [-0.2, -0.15) is 0 Å². The number of aromatic amines is 1. The summed E-state index contributed by atoms with van der Waals surface area (Å²) in [5, 5.41) is 0.239. The number of amides is 1. The van der Waals surface area contributed by atoms with Gasteiger partial charge in [-0.15, -0.1) is 0 Å². The lowest BCUT2D eigenvalue weighted by Crippen LogP contribution is -2.41. The summed E-state index contributed by atoms with van der Waals surface area (Å²) >= 11 is 0. The molecule has 9 nitrogen and oxygen atoms in total. The number of hydrogen-bond acceptors (Lipinski definition) is 6. The molecule has 35 heavy (non-hydrogen) atoms. The van der Waals surface area contributed by atoms with Crippen LogP contribution in [-0.4, -0.2) is 41.9 Å². The first kappa shape index (κ1) is 21.2. The Morgan fingerprint density at radius 1 is 1.23 bits per heavy atom. The first-order chi connectivity index (χ1) is 16.9. The lowest BCUT2D eigenvalue weighted by Gasteiger charge is -2.33. The number of benzene rings is 1. The van der Waals surface area contributed by atoms with Crippen LogP contribution in [0.15, 0.2) is 52.0 Å². The van der Waals surface area contributed by atoms with Gasteiger partial charge in [0.05, 0.1) is 23.7 Å². The molecule has 1 N–H and O–H groups in total. The molecule has 0 spiro atoms. The van der Waals surface area contributed by atoms with Crippen molar-refractivity contribution in [1.29, 1.82) is 0 Å². The number of aryl methyl sites for hydroxylation is 1. The Kier molecular flexibility index (Phi) is 4.76. The number of aromatic nitrogens is 5. The number of fused-ring (bicyclic) bond motifs is 2. The van der Waals surface area contributed by atoms with Crippen LogP contribution >= 0.6 is 0 Å². The van der Waals surface area contributed by atoms with E-state index in [1.807, 2.05) is 0 Å². The van der Waals surface area contributed by atoms with Gasteiger partial charge in [-0.25, -0.2) is 28.1 Å². The van der Waals surface area contributed by atoms with E-state index < -0.39 is 35.6 Å². The third kappa shape index (κ3) is 3.32. The van der Waals surface area contributed by atoms with Gasteiger partial charge in [-0.3, -0.25) is 4.79 Å². The Bertz CT molecular complexity index is 1570. The van der Waals surface area contributed by atoms with Crippen molar-refractivity contribution in [3.05, 3.63) is 77.5 Å². The van der Waals surface area contributed by atoms with Crippen molar-refractivity contribution < 1.29 is 26.8 Å². The minimum atomic E-state index is -3.08. The summed E-state index contributed by atoms with van der Waals surface area (Å²) in [6.45, 7) is 0.0808. The third-order valence-corrected chi connectivity index (χ3v) is 5.97. The van der Waals surface area contributed by atoms with Crippen LogP contribution in [0.4, 0.5) is 13.2 Å². The number of furan rings is 1. The minimum Gasteiger partial charge on any atom is -0.455 e. The molecule has 0 bridgehead atoms. The van der Waals surface area contributed by atoms with E-state index >= 15 is 4.39 Å². The van der Waals surface area contributed by atoms with Crippen molar-refractivity contribution in [2.75, 3.05) is 6.54 Å². The highest BCUT2D eigenvalue weighted by molar-refractivity contribution is 5.94. The fourth-order valence-electron chi connectivity index (χ4n) is 4.37. The van der Waals surface area contributed by atoms with E-state index in [4.69, 9.17) is 8.83 Å². The van der Waals surface area contributed by atoms with E-state index in [-0.39, 0.29) is 29.3 Å². The van der Waals surface area contributed by atoms with Crippen LogP contribution in [-0.2, 0) is 13.5 Å². The van der Waals surface area contributed by atoms with Gasteiger partial charge in [0.15, 0.2) is 17.3 Å². The fourth-order valence-corrected chi connectivity index (χ4v) is 4.37. The Hall–Kier alpha value is -4.35. The normalized spacial score (nSPS) is 15.8. The predicted octanol–water partition coefficient (Wildman–Crippen LogP) is 4.41. The largest absolute Gasteiger partial charge is 0.455 e. The molecule has 0 unspecified atom stereocenters. The standard InChI is InChI=1S/C23H17F3N6O3/c1-31-8-13(29-10-31)22-30-17(21(25)26)20(35-22)23(33)32-7-6-12-16(28-9-27-12)18(32)19-15(24)11-4-2-3-5-14(11)34-19/h2-5,8-10,18,21H,6-7H2,1H3,(H,27,28)/t18-/m0/s1. The van der Waals surface area contributed by atoms with E-state index in [0.717, 1.165) is 0 Å². The minimum absolute atomic E-state index is 0.0808. The number of nitrogens with zero attached hydrogens (tertiary/aromatic N) is 5. The number of alkyl halides is 2. The second-order valence-electron chi connectivity index (χ2n) is 8.15. The Labute approximate surface area is 195 Å². The molecule has 6 rings (SSSR count). The van der Waals surface area contributed by atoms with Crippen LogP contribution in [0.25, 0.3) is 22.6 Å². The number of carbonyl (C=O) groups excluding carboxylic acids is 1. The maximum Gasteiger partial charge on any atom is 0.292 e. The smallest absolute Gasteiger partial charge is 0.292 e. The number of hydrogen-bond donors (Lipinski definition) is 1. The number of H-pyrrole nitrogens is 1. The number of nitrogens with one attached hydrogen (secondary N) is 1. The molecule has 0 saturated carbocycles. The second-order valence-corrected chi connectivity index (χ2v) is 8.15. The molecule has 5 heterocycles. The van der Waals surface area contributed by atoms with Crippen LogP contribution in [0.1, 0.15) is 45.9 Å². The maximum absolute atomic E-state index is 15.5. The highest BCUT2D eigenvalue weighted by Gasteiger charge is 2.42. The number of halogens is 3. The first-order valence-corrected chi connectivity index (χ1v) is 10.7. The van der Waals surface area contributed by atoms with Gasteiger partial charge in [0.2, 0.25) is 11.7 Å². The summed E-state index contributed by atoms with van der Waals surface area (Å²) in [6.07, 6.45) is 1.68. The molecule has 178 valence electrons. The molecule has 1 aromatic carbocycles. The van der Waals surface area contributed by atoms with E-state index in [1.165, 1.54) is 23.8 Å². The van der Waals surface area contributed by atoms with E-state index in [2.05, 4.69) is 19.9 Å². The van der Waals surface area contributed by atoms with Crippen LogP contribution in [0, 0.1) is 5.82 Å². The Balaban J connectivity index is 1.48. The van der Waals surface area contributed by atoms with Crippen molar-refractivity contribution in [2.45, 2.75) is 18.9 Å². The molecular weight excluding hydrogens is 465 g/mol. The summed E-state index contributed by atoms with van der Waals surface area (Å²) in [4.78, 5) is 30.0. The first-order valence-electron chi connectivity index (χ1n) is 10.7. The summed E-state index contributed by atoms with van der Waals surface area (Å²) in [5.41, 5.74) is 0.736. The van der Waals surface area contributed by atoms with Crippen LogP contribution in [0.5, 0.6) is 0 Å². The molecule has 0 fully saturated rings. The van der Waals surface area contributed by atoms with Gasteiger partial charge in [0.1, 0.15) is 17.3 Å². The number of imidazole rings is 2. The highest BCUT2D eigenvalue weighted by atomic mass is 19.3. The average molecular weight is 482 g/mol. The average Bonchev–Trinajstić information content (AvgIpc) is 3.64. The van der Waals surface area contributed by atoms with E-state index in [0.29, 0.717) is 23.4 Å². The number of rotatable bonds is 4. The summed E-state index contributed by atoms with van der Waals surface area (Å²) in [5.74, 6) is -2.53. The molecule has 1 aliphatic heterocycles. The molecule has 12 heteroatoms. The number of para-hydroxylation sites is 1. The van der Waals surface area contributed by atoms with Crippen molar-refractivity contribution in [2.24, 2.45) is 7.05 Å². The SMILES string of the molecule is Cn1cnc(-c2nc(C(F)F)c(C(=O)N3CCc4[nH]cnc4[C@H]3c3oc4ccccc4c3F)o2)c1. The molecular formula is C23H17F3N6O3. The molecule has 5 aromatic rings. The third-order valence-electron chi connectivity index (χ3n) is 5.97. The summed E-state index contributed by atoms with van der Waals surface area (Å²) < 4.78 is 56.1. The molecule has 1 amide bonds. The van der Waals surface area contributed by atoms with Crippen LogP contribution in [0.2, 0.25) is 0 Å². The zero-order chi connectivity index (χ0) is 24.3. The van der Waals surface area contributed by atoms with Crippen molar-refractivity contribution in [3.63, 3.8) is 0 Å². The number of oxazole rings is 1. The summed E-state index contributed by atoms with van der Waals surface area (Å²) in [7, 11) is 1.70. The summed E-state index contributed by atoms with van der Waals surface area (Å²) in [6, 6.07) is 5.42. The van der Waals surface area contributed by atoms with E-state index in [1.54, 1.807) is 35.9 Å². The van der Waals surface area contributed by atoms with Crippen molar-refractivity contribution in [1.82, 2.24) is 29.4 Å². The Morgan fingerprint density at radius 2 is 2.06 bits per heavy atom.